The lowest BCUT2D eigenvalue weighted by molar-refractivity contribution is 0.739. The molecule has 1 aromatic carbocycles. The molecule has 2 heterocycles. The van der Waals surface area contributed by atoms with E-state index < -0.39 is 0 Å². The fraction of sp³-hybridized carbons (Fsp3) is 0.143. The average Bonchev–Trinajstić information content (AvgIpc) is 2.95. The van der Waals surface area contributed by atoms with Crippen molar-refractivity contribution in [3.05, 3.63) is 56.6 Å². The summed E-state index contributed by atoms with van der Waals surface area (Å²) in [5.41, 5.74) is 7.55. The summed E-state index contributed by atoms with van der Waals surface area (Å²) in [5, 5.41) is 3.45. The molecule has 18 heavy (non-hydrogen) atoms. The van der Waals surface area contributed by atoms with E-state index in [2.05, 4.69) is 35.7 Å². The first-order chi connectivity index (χ1) is 8.74. The number of nitrogens with two attached hydrogens (primary N) is 1. The smallest absolute Gasteiger partial charge is 0.0931 e. The van der Waals surface area contributed by atoms with Gasteiger partial charge in [-0.15, -0.1) is 22.7 Å². The molecule has 1 atom stereocenters. The predicted molar refractivity (Wildman–Crippen MR) is 81.8 cm³/mol. The molecule has 92 valence electrons. The minimum absolute atomic E-state index is 0.0378. The number of hydrogen-bond acceptors (Lipinski definition) is 3. The lowest BCUT2D eigenvalue weighted by Crippen LogP contribution is -2.11. The van der Waals surface area contributed by atoms with Crippen LogP contribution in [0.3, 0.4) is 0 Å². The molecule has 3 rings (SSSR count). The second kappa shape index (κ2) is 5.02. The van der Waals surface area contributed by atoms with Crippen LogP contribution in [0.15, 0.2) is 41.8 Å². The number of fused-ring (bicyclic) bond motifs is 1. The van der Waals surface area contributed by atoms with Crippen LogP contribution in [0, 0.1) is 0 Å². The first-order valence-electron chi connectivity index (χ1n) is 5.70. The topological polar surface area (TPSA) is 26.0 Å². The number of rotatable bonds is 3. The Morgan fingerprint density at radius 3 is 2.78 bits per heavy atom. The first-order valence-corrected chi connectivity index (χ1v) is 7.77. The molecule has 2 N–H and O–H groups in total. The maximum Gasteiger partial charge on any atom is 0.0931 e. The zero-order valence-electron chi connectivity index (χ0n) is 9.60. The lowest BCUT2D eigenvalue weighted by atomic mass is 10.0. The summed E-state index contributed by atoms with van der Waals surface area (Å²) in [6, 6.07) is 12.4. The van der Waals surface area contributed by atoms with Crippen molar-refractivity contribution in [3.63, 3.8) is 0 Å². The van der Waals surface area contributed by atoms with Crippen molar-refractivity contribution in [2.45, 2.75) is 12.5 Å². The minimum atomic E-state index is 0.0378. The number of halogens is 1. The molecule has 0 fully saturated rings. The van der Waals surface area contributed by atoms with Crippen molar-refractivity contribution in [2.24, 2.45) is 5.73 Å². The Balaban J connectivity index is 1.90. The average molecular weight is 294 g/mol. The first kappa shape index (κ1) is 12.2. The van der Waals surface area contributed by atoms with E-state index in [9.17, 15) is 0 Å². The van der Waals surface area contributed by atoms with Gasteiger partial charge in [-0.2, -0.15) is 0 Å². The predicted octanol–water partition coefficient (Wildman–Crippen LogP) is 4.86. The van der Waals surface area contributed by atoms with E-state index in [0.29, 0.717) is 0 Å². The van der Waals surface area contributed by atoms with Crippen LogP contribution in [0.1, 0.15) is 16.5 Å². The Hall–Kier alpha value is -0.870. The standard InChI is InChI=1S/C14H12ClNS2/c15-14-6-5-9(18-14)7-12(16)11-8-17-13-4-2-1-3-10(11)13/h1-6,8,12H,7,16H2. The lowest BCUT2D eigenvalue weighted by Gasteiger charge is -2.09. The molecule has 0 aliphatic heterocycles. The fourth-order valence-electron chi connectivity index (χ4n) is 2.07. The van der Waals surface area contributed by atoms with E-state index in [4.69, 9.17) is 17.3 Å². The molecular weight excluding hydrogens is 282 g/mol. The molecular formula is C14H12ClNS2. The minimum Gasteiger partial charge on any atom is -0.324 e. The monoisotopic (exact) mass is 293 g/mol. The summed E-state index contributed by atoms with van der Waals surface area (Å²) >= 11 is 9.31. The van der Waals surface area contributed by atoms with Crippen LogP contribution in [-0.2, 0) is 6.42 Å². The number of hydrogen-bond donors (Lipinski definition) is 1. The molecule has 1 unspecified atom stereocenters. The second-order valence-corrected chi connectivity index (χ2v) is 6.91. The van der Waals surface area contributed by atoms with Gasteiger partial charge in [0.15, 0.2) is 0 Å². The van der Waals surface area contributed by atoms with Gasteiger partial charge in [0.1, 0.15) is 0 Å². The molecule has 1 nitrogen and oxygen atoms in total. The fourth-order valence-corrected chi connectivity index (χ4v) is 4.25. The third kappa shape index (κ3) is 2.31. The van der Waals surface area contributed by atoms with Crippen LogP contribution in [-0.4, -0.2) is 0 Å². The highest BCUT2D eigenvalue weighted by atomic mass is 35.5. The number of benzene rings is 1. The zero-order chi connectivity index (χ0) is 12.5. The largest absolute Gasteiger partial charge is 0.324 e. The van der Waals surface area contributed by atoms with Gasteiger partial charge in [-0.25, -0.2) is 0 Å². The molecule has 0 radical (unpaired) electrons. The molecule has 0 saturated heterocycles. The van der Waals surface area contributed by atoms with Crippen LogP contribution in [0.5, 0.6) is 0 Å². The Morgan fingerprint density at radius 2 is 2.00 bits per heavy atom. The third-order valence-electron chi connectivity index (χ3n) is 2.96. The molecule has 4 heteroatoms. The van der Waals surface area contributed by atoms with Gasteiger partial charge in [0, 0.05) is 22.0 Å². The maximum absolute atomic E-state index is 6.32. The highest BCUT2D eigenvalue weighted by molar-refractivity contribution is 7.17. The van der Waals surface area contributed by atoms with Gasteiger partial charge in [0.2, 0.25) is 0 Å². The SMILES string of the molecule is NC(Cc1ccc(Cl)s1)c1csc2ccccc12. The van der Waals surface area contributed by atoms with Gasteiger partial charge in [0.25, 0.3) is 0 Å². The summed E-state index contributed by atoms with van der Waals surface area (Å²) in [4.78, 5) is 1.24. The normalized spacial score (nSPS) is 13.0. The Morgan fingerprint density at radius 1 is 1.17 bits per heavy atom. The van der Waals surface area contributed by atoms with E-state index in [1.54, 1.807) is 22.7 Å². The van der Waals surface area contributed by atoms with Crippen molar-refractivity contribution < 1.29 is 0 Å². The van der Waals surface area contributed by atoms with Crippen molar-refractivity contribution in [1.29, 1.82) is 0 Å². The van der Waals surface area contributed by atoms with E-state index in [0.717, 1.165) is 10.8 Å². The van der Waals surface area contributed by atoms with Gasteiger partial charge < -0.3 is 5.73 Å². The van der Waals surface area contributed by atoms with E-state index in [1.165, 1.54) is 20.5 Å². The molecule has 3 aromatic rings. The van der Waals surface area contributed by atoms with Gasteiger partial charge in [-0.3, -0.25) is 0 Å². The highest BCUT2D eigenvalue weighted by Gasteiger charge is 2.13. The molecule has 0 aliphatic carbocycles. The van der Waals surface area contributed by atoms with Crippen molar-refractivity contribution >= 4 is 44.4 Å². The molecule has 0 amide bonds. The van der Waals surface area contributed by atoms with E-state index in [1.807, 2.05) is 6.07 Å². The van der Waals surface area contributed by atoms with Gasteiger partial charge in [-0.05, 0) is 34.5 Å². The molecule has 2 aromatic heterocycles. The Kier molecular flexibility index (Phi) is 3.39. The summed E-state index contributed by atoms with van der Waals surface area (Å²) in [6.45, 7) is 0. The quantitative estimate of drug-likeness (QED) is 0.733. The second-order valence-electron chi connectivity index (χ2n) is 4.20. The molecule has 0 aliphatic rings. The van der Waals surface area contributed by atoms with Crippen molar-refractivity contribution in [2.75, 3.05) is 0 Å². The summed E-state index contributed by atoms with van der Waals surface area (Å²) < 4.78 is 2.12. The van der Waals surface area contributed by atoms with Gasteiger partial charge in [0.05, 0.1) is 4.34 Å². The van der Waals surface area contributed by atoms with Crippen LogP contribution >= 0.6 is 34.3 Å². The highest BCUT2D eigenvalue weighted by Crippen LogP contribution is 2.32. The van der Waals surface area contributed by atoms with Crippen LogP contribution in [0.25, 0.3) is 10.1 Å². The Labute approximate surface area is 119 Å². The summed E-state index contributed by atoms with van der Waals surface area (Å²) in [6.07, 6.45) is 0.845. The van der Waals surface area contributed by atoms with Crippen LogP contribution in [0.2, 0.25) is 4.34 Å². The number of thiophene rings is 2. The van der Waals surface area contributed by atoms with E-state index >= 15 is 0 Å². The van der Waals surface area contributed by atoms with Crippen molar-refractivity contribution in [1.82, 2.24) is 0 Å². The van der Waals surface area contributed by atoms with Crippen molar-refractivity contribution in [3.8, 4) is 0 Å². The molecule has 0 saturated carbocycles. The molecule has 0 bridgehead atoms. The van der Waals surface area contributed by atoms with Crippen LogP contribution < -0.4 is 5.73 Å². The Bertz CT molecular complexity index is 671. The zero-order valence-corrected chi connectivity index (χ0v) is 12.0. The van der Waals surface area contributed by atoms with E-state index in [-0.39, 0.29) is 6.04 Å². The summed E-state index contributed by atoms with van der Waals surface area (Å²) in [5.74, 6) is 0. The summed E-state index contributed by atoms with van der Waals surface area (Å²) in [7, 11) is 0. The van der Waals surface area contributed by atoms with Gasteiger partial charge in [-0.1, -0.05) is 29.8 Å². The molecule has 0 spiro atoms. The maximum atomic E-state index is 6.32. The third-order valence-corrected chi connectivity index (χ3v) is 5.20. The van der Waals surface area contributed by atoms with Crippen LogP contribution in [0.4, 0.5) is 0 Å². The van der Waals surface area contributed by atoms with Gasteiger partial charge >= 0.3 is 0 Å².